The fraction of sp³-hybridized carbons (Fsp3) is 0.778. The van der Waals surface area contributed by atoms with Crippen LogP contribution in [0.2, 0.25) is 0 Å². The summed E-state index contributed by atoms with van der Waals surface area (Å²) < 4.78 is 27.7. The third-order valence-electron chi connectivity index (χ3n) is 6.02. The number of aromatic nitrogens is 2. The van der Waals surface area contributed by atoms with Crippen LogP contribution in [0.25, 0.3) is 0 Å². The van der Waals surface area contributed by atoms with Gasteiger partial charge in [0.25, 0.3) is 0 Å². The highest BCUT2D eigenvalue weighted by Gasteiger charge is 2.40. The molecule has 0 radical (unpaired) electrons. The molecule has 2 unspecified atom stereocenters. The highest BCUT2D eigenvalue weighted by Crippen LogP contribution is 2.31. The standard InChI is InChI=1S/C18H31N5O3S.ClH/c1-12-16(13(2)21-20-12)27(25,26)23-8-5-6-14(10-23)17(24)22-9-7-15(19)18(3,4)11-22;/h14-15H,5-11,19H2,1-4H3,(H,20,21);1H. The Labute approximate surface area is 173 Å². The molecule has 1 aromatic heterocycles. The molecule has 8 nitrogen and oxygen atoms in total. The van der Waals surface area contributed by atoms with Gasteiger partial charge in [0, 0.05) is 32.2 Å². The summed E-state index contributed by atoms with van der Waals surface area (Å²) in [5, 5.41) is 6.75. The van der Waals surface area contributed by atoms with Crippen molar-refractivity contribution < 1.29 is 13.2 Å². The summed E-state index contributed by atoms with van der Waals surface area (Å²) in [6, 6.07) is 0.0804. The lowest BCUT2D eigenvalue weighted by atomic mass is 9.79. The lowest BCUT2D eigenvalue weighted by molar-refractivity contribution is -0.140. The van der Waals surface area contributed by atoms with Gasteiger partial charge in [0.2, 0.25) is 15.9 Å². The first-order valence-corrected chi connectivity index (χ1v) is 11.0. The van der Waals surface area contributed by atoms with Gasteiger partial charge in [-0.25, -0.2) is 8.42 Å². The fourth-order valence-corrected chi connectivity index (χ4v) is 6.09. The van der Waals surface area contributed by atoms with Crippen LogP contribution in [0.1, 0.15) is 44.5 Å². The van der Waals surface area contributed by atoms with Crippen LogP contribution in [-0.2, 0) is 14.8 Å². The summed E-state index contributed by atoms with van der Waals surface area (Å²) in [4.78, 5) is 15.2. The number of piperidine rings is 2. The number of H-pyrrole nitrogens is 1. The topological polar surface area (TPSA) is 112 Å². The second-order valence-electron chi connectivity index (χ2n) is 8.61. The quantitative estimate of drug-likeness (QED) is 0.748. The molecule has 0 bridgehead atoms. The summed E-state index contributed by atoms with van der Waals surface area (Å²) in [5.41, 5.74) is 7.06. The van der Waals surface area contributed by atoms with Gasteiger partial charge in [-0.15, -0.1) is 12.4 Å². The Kier molecular flexibility index (Phi) is 6.85. The van der Waals surface area contributed by atoms with Crippen molar-refractivity contribution in [3.05, 3.63) is 11.4 Å². The van der Waals surface area contributed by atoms with E-state index in [0.29, 0.717) is 37.4 Å². The second kappa shape index (κ2) is 8.30. The second-order valence-corrected chi connectivity index (χ2v) is 10.5. The Bertz CT molecular complexity index is 804. The first kappa shape index (κ1) is 23.1. The maximum atomic E-state index is 13.1. The van der Waals surface area contributed by atoms with E-state index in [1.807, 2.05) is 4.90 Å². The van der Waals surface area contributed by atoms with Gasteiger partial charge >= 0.3 is 0 Å². The van der Waals surface area contributed by atoms with E-state index in [9.17, 15) is 13.2 Å². The summed E-state index contributed by atoms with van der Waals surface area (Å²) in [7, 11) is -3.66. The molecule has 1 aromatic rings. The minimum Gasteiger partial charge on any atom is -0.342 e. The van der Waals surface area contributed by atoms with Crippen molar-refractivity contribution in [3.63, 3.8) is 0 Å². The average Bonchev–Trinajstić information content (AvgIpc) is 2.96. The predicted octanol–water partition coefficient (Wildman–Crippen LogP) is 1.43. The Morgan fingerprint density at radius 1 is 1.25 bits per heavy atom. The number of aryl methyl sites for hydroxylation is 2. The molecule has 10 heteroatoms. The SMILES string of the molecule is Cc1n[nH]c(C)c1S(=O)(=O)N1CCCC(C(=O)N2CCC(N)C(C)(C)C2)C1.Cl. The normalized spacial score (nSPS) is 26.0. The molecule has 160 valence electrons. The van der Waals surface area contributed by atoms with Crippen LogP contribution in [0.5, 0.6) is 0 Å². The van der Waals surface area contributed by atoms with Gasteiger partial charge in [0.1, 0.15) is 4.90 Å². The van der Waals surface area contributed by atoms with Crippen LogP contribution in [0, 0.1) is 25.2 Å². The number of amides is 1. The molecule has 2 saturated heterocycles. The molecule has 0 aromatic carbocycles. The molecular weight excluding hydrogens is 402 g/mol. The summed E-state index contributed by atoms with van der Waals surface area (Å²) >= 11 is 0. The van der Waals surface area contributed by atoms with Crippen LogP contribution >= 0.6 is 12.4 Å². The summed E-state index contributed by atoms with van der Waals surface area (Å²) in [5.74, 6) is -0.248. The summed E-state index contributed by atoms with van der Waals surface area (Å²) in [6.45, 7) is 9.49. The van der Waals surface area contributed by atoms with E-state index < -0.39 is 10.0 Å². The molecule has 2 aliphatic heterocycles. The van der Waals surface area contributed by atoms with Gasteiger partial charge in [-0.2, -0.15) is 9.40 Å². The fourth-order valence-electron chi connectivity index (χ4n) is 4.23. The van der Waals surface area contributed by atoms with E-state index in [4.69, 9.17) is 5.73 Å². The third kappa shape index (κ3) is 4.22. The monoisotopic (exact) mass is 433 g/mol. The van der Waals surface area contributed by atoms with Crippen molar-refractivity contribution in [1.82, 2.24) is 19.4 Å². The molecular formula is C18H32ClN5O3S. The van der Waals surface area contributed by atoms with E-state index in [2.05, 4.69) is 24.0 Å². The van der Waals surface area contributed by atoms with Gasteiger partial charge in [-0.05, 0) is 38.5 Å². The highest BCUT2D eigenvalue weighted by molar-refractivity contribution is 7.89. The number of hydrogen-bond donors (Lipinski definition) is 2. The number of hydrogen-bond acceptors (Lipinski definition) is 5. The van der Waals surface area contributed by atoms with Gasteiger partial charge < -0.3 is 10.6 Å². The average molecular weight is 434 g/mol. The zero-order chi connectivity index (χ0) is 20.0. The minimum absolute atomic E-state index is 0. The Morgan fingerprint density at radius 3 is 2.50 bits per heavy atom. The molecule has 2 atom stereocenters. The zero-order valence-electron chi connectivity index (χ0n) is 17.1. The van der Waals surface area contributed by atoms with Crippen LogP contribution < -0.4 is 5.73 Å². The van der Waals surface area contributed by atoms with E-state index in [1.165, 1.54) is 4.31 Å². The molecule has 0 saturated carbocycles. The minimum atomic E-state index is -3.66. The van der Waals surface area contributed by atoms with E-state index in [1.54, 1.807) is 13.8 Å². The molecule has 3 heterocycles. The van der Waals surface area contributed by atoms with Crippen LogP contribution in [0.3, 0.4) is 0 Å². The number of aromatic amines is 1. The number of likely N-dealkylation sites (tertiary alicyclic amines) is 1. The number of rotatable bonds is 3. The molecule has 2 aliphatic rings. The van der Waals surface area contributed by atoms with Crippen molar-refractivity contribution >= 4 is 28.3 Å². The molecule has 28 heavy (non-hydrogen) atoms. The Balaban J connectivity index is 0.00000280. The maximum Gasteiger partial charge on any atom is 0.246 e. The molecule has 3 N–H and O–H groups in total. The number of halogens is 1. The van der Waals surface area contributed by atoms with Crippen molar-refractivity contribution in [3.8, 4) is 0 Å². The first-order chi connectivity index (χ1) is 12.5. The predicted molar refractivity (Wildman–Crippen MR) is 110 cm³/mol. The van der Waals surface area contributed by atoms with Crippen LogP contribution in [0.15, 0.2) is 4.90 Å². The number of nitrogens with zero attached hydrogens (tertiary/aromatic N) is 3. The van der Waals surface area contributed by atoms with Gasteiger partial charge in [0.05, 0.1) is 17.3 Å². The van der Waals surface area contributed by atoms with Crippen molar-refractivity contribution in [2.24, 2.45) is 17.1 Å². The number of nitrogens with one attached hydrogen (secondary N) is 1. The smallest absolute Gasteiger partial charge is 0.246 e. The van der Waals surface area contributed by atoms with Crippen LogP contribution in [0.4, 0.5) is 0 Å². The zero-order valence-corrected chi connectivity index (χ0v) is 18.7. The number of sulfonamides is 1. The van der Waals surface area contributed by atoms with E-state index in [0.717, 1.165) is 12.8 Å². The van der Waals surface area contributed by atoms with E-state index in [-0.39, 0.29) is 47.1 Å². The molecule has 1 amide bonds. The number of nitrogens with two attached hydrogens (primary N) is 1. The molecule has 2 fully saturated rings. The first-order valence-electron chi connectivity index (χ1n) is 9.60. The Hall–Kier alpha value is -1.16. The van der Waals surface area contributed by atoms with Gasteiger partial charge in [-0.3, -0.25) is 9.89 Å². The largest absolute Gasteiger partial charge is 0.342 e. The molecule has 0 aliphatic carbocycles. The van der Waals surface area contributed by atoms with Crippen molar-refractivity contribution in [1.29, 1.82) is 0 Å². The number of carbonyl (C=O) groups excluding carboxylic acids is 1. The lowest BCUT2D eigenvalue weighted by Gasteiger charge is -2.44. The Morgan fingerprint density at radius 2 is 1.93 bits per heavy atom. The number of carbonyl (C=O) groups is 1. The highest BCUT2D eigenvalue weighted by atomic mass is 35.5. The lowest BCUT2D eigenvalue weighted by Crippen LogP contribution is -2.56. The molecule has 3 rings (SSSR count). The third-order valence-corrected chi connectivity index (χ3v) is 8.14. The molecule has 0 spiro atoms. The van der Waals surface area contributed by atoms with Crippen molar-refractivity contribution in [2.75, 3.05) is 26.2 Å². The van der Waals surface area contributed by atoms with Crippen LogP contribution in [-0.4, -0.2) is 65.9 Å². The van der Waals surface area contributed by atoms with Crippen molar-refractivity contribution in [2.45, 2.75) is 57.9 Å². The van der Waals surface area contributed by atoms with Gasteiger partial charge in [0.15, 0.2) is 0 Å². The maximum absolute atomic E-state index is 13.1. The van der Waals surface area contributed by atoms with E-state index >= 15 is 0 Å². The van der Waals surface area contributed by atoms with Gasteiger partial charge in [-0.1, -0.05) is 13.8 Å². The summed E-state index contributed by atoms with van der Waals surface area (Å²) in [6.07, 6.45) is 2.18.